The van der Waals surface area contributed by atoms with E-state index in [4.69, 9.17) is 16.3 Å². The van der Waals surface area contributed by atoms with Gasteiger partial charge in [-0.05, 0) is 56.8 Å². The molecule has 1 heterocycles. The van der Waals surface area contributed by atoms with Crippen molar-refractivity contribution in [3.63, 3.8) is 0 Å². The first-order valence-electron chi connectivity index (χ1n) is 7.26. The number of ether oxygens (including phenoxy) is 1. The van der Waals surface area contributed by atoms with E-state index in [1.54, 1.807) is 0 Å². The Kier molecular flexibility index (Phi) is 5.26. The first-order valence-corrected chi connectivity index (χ1v) is 7.63. The predicted octanol–water partition coefficient (Wildman–Crippen LogP) is 3.82. The predicted molar refractivity (Wildman–Crippen MR) is 80.8 cm³/mol. The van der Waals surface area contributed by atoms with Gasteiger partial charge in [0.25, 0.3) is 0 Å². The maximum Gasteiger partial charge on any atom is 0.0810 e. The summed E-state index contributed by atoms with van der Waals surface area (Å²) in [5.41, 5.74) is 1.23. The van der Waals surface area contributed by atoms with E-state index in [1.807, 2.05) is 12.1 Å². The van der Waals surface area contributed by atoms with Crippen LogP contribution in [0.2, 0.25) is 5.02 Å². The molecule has 1 aromatic carbocycles. The number of halogens is 1. The van der Waals surface area contributed by atoms with E-state index < -0.39 is 0 Å². The molecule has 0 aromatic heterocycles. The average molecular weight is 282 g/mol. The molecule has 1 aromatic rings. The third-order valence-corrected chi connectivity index (χ3v) is 4.19. The minimum atomic E-state index is -0.0442. The fraction of sp³-hybridized carbons (Fsp3) is 0.625. The Labute approximate surface area is 121 Å². The van der Waals surface area contributed by atoms with Gasteiger partial charge in [0.05, 0.1) is 5.60 Å². The smallest absolute Gasteiger partial charge is 0.0810 e. The number of hydrogen-bond acceptors (Lipinski definition) is 2. The zero-order valence-electron chi connectivity index (χ0n) is 11.9. The lowest BCUT2D eigenvalue weighted by Gasteiger charge is -2.34. The van der Waals surface area contributed by atoms with Crippen molar-refractivity contribution in [2.45, 2.75) is 51.2 Å². The Hall–Kier alpha value is -0.570. The molecule has 2 nitrogen and oxygen atoms in total. The van der Waals surface area contributed by atoms with E-state index in [0.29, 0.717) is 6.04 Å². The Balaban J connectivity index is 2.09. The monoisotopic (exact) mass is 281 g/mol. The summed E-state index contributed by atoms with van der Waals surface area (Å²) in [6.45, 7) is 6.35. The van der Waals surface area contributed by atoms with E-state index in [9.17, 15) is 0 Å². The number of benzene rings is 1. The van der Waals surface area contributed by atoms with Crippen LogP contribution in [0.1, 0.15) is 38.7 Å². The molecular weight excluding hydrogens is 258 g/mol. The molecule has 0 saturated carbocycles. The van der Waals surface area contributed by atoms with Crippen molar-refractivity contribution in [3.8, 4) is 0 Å². The molecule has 1 aliphatic heterocycles. The number of nitrogens with one attached hydrogen (secondary N) is 1. The fourth-order valence-electron chi connectivity index (χ4n) is 2.80. The summed E-state index contributed by atoms with van der Waals surface area (Å²) in [6.07, 6.45) is 4.41. The minimum Gasteiger partial charge on any atom is -0.374 e. The van der Waals surface area contributed by atoms with Crippen LogP contribution in [0.4, 0.5) is 0 Å². The zero-order valence-corrected chi connectivity index (χ0v) is 12.7. The van der Waals surface area contributed by atoms with Crippen LogP contribution >= 0.6 is 11.6 Å². The lowest BCUT2D eigenvalue weighted by atomic mass is 9.88. The van der Waals surface area contributed by atoms with E-state index in [-0.39, 0.29) is 5.60 Å². The normalized spacial score (nSPS) is 24.6. The molecule has 0 spiro atoms. The Morgan fingerprint density at radius 3 is 2.95 bits per heavy atom. The number of hydrogen-bond donors (Lipinski definition) is 1. The molecule has 1 fully saturated rings. The lowest BCUT2D eigenvalue weighted by Crippen LogP contribution is -2.50. The van der Waals surface area contributed by atoms with Crippen LogP contribution in [-0.4, -0.2) is 24.8 Å². The second kappa shape index (κ2) is 6.74. The molecule has 19 heavy (non-hydrogen) atoms. The van der Waals surface area contributed by atoms with Gasteiger partial charge < -0.3 is 10.1 Å². The summed E-state index contributed by atoms with van der Waals surface area (Å²) in [5.74, 6) is 0. The fourth-order valence-corrected chi connectivity index (χ4v) is 3.01. The highest BCUT2D eigenvalue weighted by atomic mass is 35.5. The van der Waals surface area contributed by atoms with Gasteiger partial charge in [0.2, 0.25) is 0 Å². The van der Waals surface area contributed by atoms with E-state index >= 15 is 0 Å². The highest BCUT2D eigenvalue weighted by Gasteiger charge is 2.37. The highest BCUT2D eigenvalue weighted by Crippen LogP contribution is 2.30. The molecule has 1 saturated heterocycles. The molecule has 0 amide bonds. The highest BCUT2D eigenvalue weighted by molar-refractivity contribution is 6.30. The molecule has 1 N–H and O–H groups in total. The number of rotatable bonds is 6. The van der Waals surface area contributed by atoms with Crippen molar-refractivity contribution in [2.75, 3.05) is 13.2 Å². The van der Waals surface area contributed by atoms with Crippen molar-refractivity contribution in [1.29, 1.82) is 0 Å². The van der Waals surface area contributed by atoms with Gasteiger partial charge in [-0.1, -0.05) is 30.7 Å². The first-order chi connectivity index (χ1) is 9.14. The van der Waals surface area contributed by atoms with E-state index in [2.05, 4.69) is 31.3 Å². The van der Waals surface area contributed by atoms with Crippen LogP contribution in [0.5, 0.6) is 0 Å². The molecule has 0 radical (unpaired) electrons. The van der Waals surface area contributed by atoms with Crippen molar-refractivity contribution >= 4 is 11.6 Å². The average Bonchev–Trinajstić information content (AvgIpc) is 2.82. The van der Waals surface area contributed by atoms with Gasteiger partial charge in [0.15, 0.2) is 0 Å². The Morgan fingerprint density at radius 2 is 2.32 bits per heavy atom. The quantitative estimate of drug-likeness (QED) is 0.856. The van der Waals surface area contributed by atoms with Gasteiger partial charge in [-0.15, -0.1) is 0 Å². The Bertz CT molecular complexity index is 401. The van der Waals surface area contributed by atoms with Crippen LogP contribution < -0.4 is 5.32 Å². The van der Waals surface area contributed by atoms with Gasteiger partial charge in [-0.2, -0.15) is 0 Å². The standard InChI is InChI=1S/C16H24ClNO/c1-3-9-18-15(16(2)8-5-10-19-16)12-13-6-4-7-14(17)11-13/h4,6-7,11,15,18H,3,5,8-10,12H2,1-2H3. The Morgan fingerprint density at radius 1 is 1.47 bits per heavy atom. The van der Waals surface area contributed by atoms with Crippen LogP contribution in [-0.2, 0) is 11.2 Å². The SMILES string of the molecule is CCCNC(Cc1cccc(Cl)c1)C1(C)CCCO1. The van der Waals surface area contributed by atoms with E-state index in [0.717, 1.165) is 43.9 Å². The van der Waals surface area contributed by atoms with Gasteiger partial charge in [-0.25, -0.2) is 0 Å². The molecule has 0 bridgehead atoms. The maximum atomic E-state index is 6.08. The van der Waals surface area contributed by atoms with Crippen LogP contribution in [0.25, 0.3) is 0 Å². The zero-order chi connectivity index (χ0) is 13.7. The van der Waals surface area contributed by atoms with Crippen molar-refractivity contribution in [1.82, 2.24) is 5.32 Å². The summed E-state index contributed by atoms with van der Waals surface area (Å²) < 4.78 is 6.01. The van der Waals surface area contributed by atoms with Gasteiger partial charge in [0, 0.05) is 17.7 Å². The summed E-state index contributed by atoms with van der Waals surface area (Å²) in [7, 11) is 0. The molecule has 1 aliphatic rings. The molecule has 3 heteroatoms. The first kappa shape index (κ1) is 14.8. The van der Waals surface area contributed by atoms with Gasteiger partial charge in [0.1, 0.15) is 0 Å². The molecule has 2 atom stereocenters. The third kappa shape index (κ3) is 3.95. The van der Waals surface area contributed by atoms with E-state index in [1.165, 1.54) is 5.56 Å². The minimum absolute atomic E-state index is 0.0442. The molecule has 2 rings (SSSR count). The summed E-state index contributed by atoms with van der Waals surface area (Å²) in [5, 5.41) is 4.46. The molecule has 2 unspecified atom stereocenters. The van der Waals surface area contributed by atoms with Crippen molar-refractivity contribution in [3.05, 3.63) is 34.9 Å². The molecular formula is C16H24ClNO. The topological polar surface area (TPSA) is 21.3 Å². The third-order valence-electron chi connectivity index (χ3n) is 3.96. The molecule has 0 aliphatic carbocycles. The summed E-state index contributed by atoms with van der Waals surface area (Å²) in [6, 6.07) is 8.50. The lowest BCUT2D eigenvalue weighted by molar-refractivity contribution is -0.0114. The van der Waals surface area contributed by atoms with Gasteiger partial charge in [-0.3, -0.25) is 0 Å². The second-order valence-corrected chi connectivity index (χ2v) is 6.04. The summed E-state index contributed by atoms with van der Waals surface area (Å²) >= 11 is 6.08. The van der Waals surface area contributed by atoms with Crippen LogP contribution in [0, 0.1) is 0 Å². The summed E-state index contributed by atoms with van der Waals surface area (Å²) in [4.78, 5) is 0. The van der Waals surface area contributed by atoms with Gasteiger partial charge >= 0.3 is 0 Å². The second-order valence-electron chi connectivity index (χ2n) is 5.61. The van der Waals surface area contributed by atoms with Crippen LogP contribution in [0.15, 0.2) is 24.3 Å². The van der Waals surface area contributed by atoms with Crippen LogP contribution in [0.3, 0.4) is 0 Å². The van der Waals surface area contributed by atoms with Crippen molar-refractivity contribution in [2.24, 2.45) is 0 Å². The largest absolute Gasteiger partial charge is 0.374 e. The van der Waals surface area contributed by atoms with Crippen molar-refractivity contribution < 1.29 is 4.74 Å². The maximum absolute atomic E-state index is 6.08. The molecule has 106 valence electrons.